The van der Waals surface area contributed by atoms with Crippen molar-refractivity contribution in [2.75, 3.05) is 58.9 Å². The van der Waals surface area contributed by atoms with Gasteiger partial charge in [-0.15, -0.1) is 0 Å². The van der Waals surface area contributed by atoms with E-state index in [1.807, 2.05) is 0 Å². The molecule has 0 saturated carbocycles. The van der Waals surface area contributed by atoms with Gasteiger partial charge in [0.05, 0.1) is 0 Å². The summed E-state index contributed by atoms with van der Waals surface area (Å²) in [6.45, 7) is 12.1. The number of likely N-dealkylation sites (N-methyl/N-ethyl adjacent to an activating group) is 1. The average molecular weight is 259 g/mol. The Kier molecular flexibility index (Phi) is 13.8. The second kappa shape index (κ2) is 14.4. The standard InChI is InChI=1S/C12H29N5O/c1-3-13-4-5-14-6-7-15-8-9-16-10-11-17-12(2)18/h13-16H,3-11H2,1-2H3,(H,17,18). The molecule has 0 atom stereocenters. The predicted molar refractivity (Wildman–Crippen MR) is 75.8 cm³/mol. The van der Waals surface area contributed by atoms with Crippen LogP contribution >= 0.6 is 0 Å². The lowest BCUT2D eigenvalue weighted by Gasteiger charge is -2.08. The van der Waals surface area contributed by atoms with Crippen LogP contribution in [0.4, 0.5) is 0 Å². The van der Waals surface area contributed by atoms with Crippen LogP contribution in [-0.4, -0.2) is 64.8 Å². The highest BCUT2D eigenvalue weighted by atomic mass is 16.1. The fraction of sp³-hybridized carbons (Fsp3) is 0.917. The summed E-state index contributed by atoms with van der Waals surface area (Å²) in [5.74, 6) is 0.0264. The van der Waals surface area contributed by atoms with Gasteiger partial charge in [0, 0.05) is 59.3 Å². The molecule has 0 aliphatic carbocycles. The van der Waals surface area contributed by atoms with E-state index in [4.69, 9.17) is 0 Å². The summed E-state index contributed by atoms with van der Waals surface area (Å²) in [7, 11) is 0. The Morgan fingerprint density at radius 1 is 0.722 bits per heavy atom. The quantitative estimate of drug-likeness (QED) is 0.260. The highest BCUT2D eigenvalue weighted by Gasteiger charge is 1.91. The third-order valence-corrected chi connectivity index (χ3v) is 2.36. The average Bonchev–Trinajstić information content (AvgIpc) is 2.34. The van der Waals surface area contributed by atoms with Crippen LogP contribution in [0.2, 0.25) is 0 Å². The molecule has 0 aliphatic heterocycles. The second-order valence-electron chi connectivity index (χ2n) is 4.09. The van der Waals surface area contributed by atoms with Crippen LogP contribution in [0.3, 0.4) is 0 Å². The van der Waals surface area contributed by atoms with Gasteiger partial charge in [-0.2, -0.15) is 0 Å². The minimum absolute atomic E-state index is 0.0264. The molecule has 108 valence electrons. The number of rotatable bonds is 13. The zero-order valence-electron chi connectivity index (χ0n) is 11.8. The number of carbonyl (C=O) groups excluding carboxylic acids is 1. The lowest BCUT2D eigenvalue weighted by molar-refractivity contribution is -0.118. The SMILES string of the molecule is CCNCCNCCNCCNCCNC(C)=O. The van der Waals surface area contributed by atoms with Crippen LogP contribution in [0, 0.1) is 0 Å². The van der Waals surface area contributed by atoms with Gasteiger partial charge >= 0.3 is 0 Å². The smallest absolute Gasteiger partial charge is 0.216 e. The lowest BCUT2D eigenvalue weighted by atomic mass is 10.5. The Labute approximate surface area is 111 Å². The van der Waals surface area contributed by atoms with E-state index in [-0.39, 0.29) is 5.91 Å². The third kappa shape index (κ3) is 15.3. The van der Waals surface area contributed by atoms with Crippen LogP contribution in [-0.2, 0) is 4.79 Å². The van der Waals surface area contributed by atoms with Crippen molar-refractivity contribution in [2.45, 2.75) is 13.8 Å². The molecule has 0 unspecified atom stereocenters. The van der Waals surface area contributed by atoms with E-state index in [1.54, 1.807) is 0 Å². The molecule has 18 heavy (non-hydrogen) atoms. The zero-order chi connectivity index (χ0) is 13.5. The Bertz CT molecular complexity index is 189. The molecule has 1 amide bonds. The molecule has 0 rings (SSSR count). The topological polar surface area (TPSA) is 77.2 Å². The van der Waals surface area contributed by atoms with E-state index >= 15 is 0 Å². The van der Waals surface area contributed by atoms with Gasteiger partial charge in [-0.1, -0.05) is 6.92 Å². The monoisotopic (exact) mass is 259 g/mol. The summed E-state index contributed by atoms with van der Waals surface area (Å²) < 4.78 is 0. The Morgan fingerprint density at radius 2 is 1.11 bits per heavy atom. The van der Waals surface area contributed by atoms with Crippen LogP contribution in [0.1, 0.15) is 13.8 Å². The molecule has 0 heterocycles. The highest BCUT2D eigenvalue weighted by Crippen LogP contribution is 1.64. The van der Waals surface area contributed by atoms with Crippen molar-refractivity contribution in [3.05, 3.63) is 0 Å². The van der Waals surface area contributed by atoms with E-state index in [1.165, 1.54) is 6.92 Å². The minimum atomic E-state index is 0.0264. The molecule has 0 fully saturated rings. The maximum absolute atomic E-state index is 10.6. The van der Waals surface area contributed by atoms with Gasteiger partial charge < -0.3 is 26.6 Å². The fourth-order valence-corrected chi connectivity index (χ4v) is 1.41. The van der Waals surface area contributed by atoms with Crippen molar-refractivity contribution >= 4 is 5.91 Å². The Morgan fingerprint density at radius 3 is 1.50 bits per heavy atom. The van der Waals surface area contributed by atoms with E-state index in [0.29, 0.717) is 6.54 Å². The van der Waals surface area contributed by atoms with Gasteiger partial charge in [0.15, 0.2) is 0 Å². The number of nitrogens with one attached hydrogen (secondary N) is 5. The summed E-state index contributed by atoms with van der Waals surface area (Å²) in [5.41, 5.74) is 0. The van der Waals surface area contributed by atoms with Crippen molar-refractivity contribution < 1.29 is 4.79 Å². The van der Waals surface area contributed by atoms with Crippen molar-refractivity contribution in [3.8, 4) is 0 Å². The van der Waals surface area contributed by atoms with Crippen molar-refractivity contribution in [3.63, 3.8) is 0 Å². The van der Waals surface area contributed by atoms with Gasteiger partial charge in [-0.3, -0.25) is 4.79 Å². The molecular weight excluding hydrogens is 230 g/mol. The van der Waals surface area contributed by atoms with E-state index in [9.17, 15) is 4.79 Å². The van der Waals surface area contributed by atoms with Crippen LogP contribution in [0.15, 0.2) is 0 Å². The lowest BCUT2D eigenvalue weighted by Crippen LogP contribution is -2.37. The molecule has 0 radical (unpaired) electrons. The summed E-state index contributed by atoms with van der Waals surface area (Å²) in [6.07, 6.45) is 0. The molecule has 6 nitrogen and oxygen atoms in total. The molecule has 0 saturated heterocycles. The minimum Gasteiger partial charge on any atom is -0.355 e. The summed E-state index contributed by atoms with van der Waals surface area (Å²) in [6, 6.07) is 0. The molecule has 6 heteroatoms. The molecule has 5 N–H and O–H groups in total. The predicted octanol–water partition coefficient (Wildman–Crippen LogP) is -1.50. The summed E-state index contributed by atoms with van der Waals surface area (Å²) in [5, 5.41) is 16.0. The van der Waals surface area contributed by atoms with E-state index < -0.39 is 0 Å². The molecule has 0 aromatic heterocycles. The Balaban J connectivity index is 2.92. The maximum atomic E-state index is 10.6. The molecule has 0 spiro atoms. The Hall–Kier alpha value is -0.690. The van der Waals surface area contributed by atoms with Crippen LogP contribution < -0.4 is 26.6 Å². The third-order valence-electron chi connectivity index (χ3n) is 2.36. The van der Waals surface area contributed by atoms with Gasteiger partial charge in [-0.25, -0.2) is 0 Å². The van der Waals surface area contributed by atoms with Gasteiger partial charge in [-0.05, 0) is 6.54 Å². The van der Waals surface area contributed by atoms with E-state index in [2.05, 4.69) is 33.5 Å². The summed E-state index contributed by atoms with van der Waals surface area (Å²) >= 11 is 0. The fourth-order valence-electron chi connectivity index (χ4n) is 1.41. The van der Waals surface area contributed by atoms with Crippen LogP contribution in [0.5, 0.6) is 0 Å². The zero-order valence-corrected chi connectivity index (χ0v) is 11.8. The van der Waals surface area contributed by atoms with Gasteiger partial charge in [0.25, 0.3) is 0 Å². The number of hydrogen-bond donors (Lipinski definition) is 5. The normalized spacial score (nSPS) is 10.6. The number of hydrogen-bond acceptors (Lipinski definition) is 5. The van der Waals surface area contributed by atoms with Gasteiger partial charge in [0.2, 0.25) is 5.91 Å². The second-order valence-corrected chi connectivity index (χ2v) is 4.09. The van der Waals surface area contributed by atoms with Gasteiger partial charge in [0.1, 0.15) is 0 Å². The molecular formula is C12H29N5O. The summed E-state index contributed by atoms with van der Waals surface area (Å²) in [4.78, 5) is 10.6. The van der Waals surface area contributed by atoms with Crippen LogP contribution in [0.25, 0.3) is 0 Å². The number of amides is 1. The number of carbonyl (C=O) groups is 1. The highest BCUT2D eigenvalue weighted by molar-refractivity contribution is 5.72. The maximum Gasteiger partial charge on any atom is 0.216 e. The molecule has 0 bridgehead atoms. The first-order valence-electron chi connectivity index (χ1n) is 6.84. The molecule has 0 aromatic rings. The van der Waals surface area contributed by atoms with Crippen molar-refractivity contribution in [1.82, 2.24) is 26.6 Å². The largest absolute Gasteiger partial charge is 0.355 e. The van der Waals surface area contributed by atoms with Crippen molar-refractivity contribution in [2.24, 2.45) is 0 Å². The first-order chi connectivity index (χ1) is 8.77. The first-order valence-corrected chi connectivity index (χ1v) is 6.84. The first kappa shape index (κ1) is 17.3. The molecule has 0 aliphatic rings. The van der Waals surface area contributed by atoms with Crippen molar-refractivity contribution in [1.29, 1.82) is 0 Å². The molecule has 0 aromatic carbocycles. The van der Waals surface area contributed by atoms with E-state index in [0.717, 1.165) is 52.4 Å².